The number of amides is 1. The minimum absolute atomic E-state index is 0.0139. The molecule has 0 atom stereocenters. The topological polar surface area (TPSA) is 55.2 Å². The molecular formula is C20H20F3N3O2S. The summed E-state index contributed by atoms with van der Waals surface area (Å²) in [5, 5.41) is 0.551. The van der Waals surface area contributed by atoms with Crippen molar-refractivity contribution in [1.82, 2.24) is 14.5 Å². The van der Waals surface area contributed by atoms with Crippen molar-refractivity contribution in [2.24, 2.45) is 0 Å². The van der Waals surface area contributed by atoms with Crippen LogP contribution in [0.25, 0.3) is 10.2 Å². The number of aromatic nitrogens is 2. The second-order valence-electron chi connectivity index (χ2n) is 6.86. The van der Waals surface area contributed by atoms with Gasteiger partial charge in [-0.1, -0.05) is 18.2 Å². The van der Waals surface area contributed by atoms with Crippen molar-refractivity contribution >= 4 is 27.5 Å². The maximum atomic E-state index is 13.1. The van der Waals surface area contributed by atoms with Crippen LogP contribution in [-0.2, 0) is 24.1 Å². The normalized spacial score (nSPS) is 11.8. The molecule has 0 radical (unpaired) electrons. The van der Waals surface area contributed by atoms with Gasteiger partial charge < -0.3 is 4.90 Å². The molecule has 29 heavy (non-hydrogen) atoms. The van der Waals surface area contributed by atoms with E-state index >= 15 is 0 Å². The summed E-state index contributed by atoms with van der Waals surface area (Å²) in [6.45, 7) is 3.73. The third-order valence-electron chi connectivity index (χ3n) is 4.88. The Bertz CT molecular complexity index is 1120. The lowest BCUT2D eigenvalue weighted by atomic mass is 10.1. The van der Waals surface area contributed by atoms with Crippen molar-refractivity contribution in [2.45, 2.75) is 39.5 Å². The van der Waals surface area contributed by atoms with Crippen LogP contribution in [0.15, 0.2) is 35.4 Å². The first-order chi connectivity index (χ1) is 13.6. The summed E-state index contributed by atoms with van der Waals surface area (Å²) in [6, 6.07) is 5.18. The first kappa shape index (κ1) is 21.0. The van der Waals surface area contributed by atoms with Crippen molar-refractivity contribution in [3.05, 3.63) is 62.5 Å². The van der Waals surface area contributed by atoms with Gasteiger partial charge in [0, 0.05) is 31.4 Å². The fraction of sp³-hybridized carbons (Fsp3) is 0.350. The van der Waals surface area contributed by atoms with E-state index in [1.165, 1.54) is 52.4 Å². The van der Waals surface area contributed by atoms with Crippen LogP contribution in [0.3, 0.4) is 0 Å². The van der Waals surface area contributed by atoms with Crippen LogP contribution < -0.4 is 5.56 Å². The van der Waals surface area contributed by atoms with Gasteiger partial charge in [0.15, 0.2) is 0 Å². The number of fused-ring (bicyclic) bond motifs is 1. The van der Waals surface area contributed by atoms with E-state index in [2.05, 4.69) is 4.98 Å². The number of hydrogen-bond donors (Lipinski definition) is 0. The average molecular weight is 423 g/mol. The first-order valence-corrected chi connectivity index (χ1v) is 9.75. The number of thiophene rings is 1. The molecule has 3 aromatic rings. The van der Waals surface area contributed by atoms with Gasteiger partial charge in [-0.2, -0.15) is 13.2 Å². The molecular weight excluding hydrogens is 403 g/mol. The van der Waals surface area contributed by atoms with E-state index in [4.69, 9.17) is 0 Å². The van der Waals surface area contributed by atoms with Crippen LogP contribution in [0.1, 0.15) is 28.0 Å². The Labute approximate surface area is 169 Å². The van der Waals surface area contributed by atoms with E-state index in [0.717, 1.165) is 16.5 Å². The molecule has 0 aliphatic heterocycles. The Morgan fingerprint density at radius 2 is 1.93 bits per heavy atom. The van der Waals surface area contributed by atoms with Gasteiger partial charge in [0.25, 0.3) is 5.56 Å². The number of aryl methyl sites for hydroxylation is 3. The van der Waals surface area contributed by atoms with Crippen molar-refractivity contribution in [2.75, 3.05) is 7.05 Å². The monoisotopic (exact) mass is 423 g/mol. The predicted molar refractivity (Wildman–Crippen MR) is 106 cm³/mol. The molecule has 9 heteroatoms. The maximum absolute atomic E-state index is 13.1. The van der Waals surface area contributed by atoms with Gasteiger partial charge in [-0.15, -0.1) is 11.3 Å². The number of nitrogens with zero attached hydrogens (tertiary/aromatic N) is 3. The van der Waals surface area contributed by atoms with Crippen LogP contribution in [0.2, 0.25) is 0 Å². The minimum Gasteiger partial charge on any atom is -0.341 e. The van der Waals surface area contributed by atoms with E-state index < -0.39 is 11.7 Å². The third-order valence-corrected chi connectivity index (χ3v) is 5.99. The molecule has 3 rings (SSSR count). The molecule has 0 unspecified atom stereocenters. The Morgan fingerprint density at radius 1 is 1.24 bits per heavy atom. The molecule has 0 saturated heterocycles. The lowest BCUT2D eigenvalue weighted by Crippen LogP contribution is -2.30. The van der Waals surface area contributed by atoms with Crippen molar-refractivity contribution in [3.8, 4) is 0 Å². The molecule has 1 amide bonds. The number of halogens is 3. The van der Waals surface area contributed by atoms with Crippen LogP contribution in [0.4, 0.5) is 13.2 Å². The summed E-state index contributed by atoms with van der Waals surface area (Å²) >= 11 is 1.44. The average Bonchev–Trinajstić information content (AvgIpc) is 2.95. The highest BCUT2D eigenvalue weighted by atomic mass is 32.1. The van der Waals surface area contributed by atoms with Crippen LogP contribution in [0.5, 0.6) is 0 Å². The highest BCUT2D eigenvalue weighted by molar-refractivity contribution is 7.18. The zero-order valence-electron chi connectivity index (χ0n) is 16.2. The highest BCUT2D eigenvalue weighted by Crippen LogP contribution is 2.32. The fourth-order valence-electron chi connectivity index (χ4n) is 3.11. The number of benzene rings is 1. The van der Waals surface area contributed by atoms with E-state index in [1.54, 1.807) is 0 Å². The fourth-order valence-corrected chi connectivity index (χ4v) is 4.10. The molecule has 0 spiro atoms. The number of hydrogen-bond acceptors (Lipinski definition) is 4. The molecule has 0 aliphatic rings. The van der Waals surface area contributed by atoms with Crippen molar-refractivity contribution in [3.63, 3.8) is 0 Å². The third kappa shape index (κ3) is 4.34. The molecule has 0 N–H and O–H groups in total. The predicted octanol–water partition coefficient (Wildman–Crippen LogP) is 4.14. The van der Waals surface area contributed by atoms with Gasteiger partial charge in [0.05, 0.1) is 17.3 Å². The molecule has 2 heterocycles. The van der Waals surface area contributed by atoms with Crippen molar-refractivity contribution in [1.29, 1.82) is 0 Å². The van der Waals surface area contributed by atoms with Crippen LogP contribution in [-0.4, -0.2) is 27.4 Å². The van der Waals surface area contributed by atoms with Crippen LogP contribution in [0, 0.1) is 13.8 Å². The smallest absolute Gasteiger partial charge is 0.341 e. The molecule has 0 saturated carbocycles. The van der Waals surface area contributed by atoms with Gasteiger partial charge >= 0.3 is 6.18 Å². The van der Waals surface area contributed by atoms with Crippen LogP contribution >= 0.6 is 11.3 Å². The SMILES string of the molecule is Cc1sc2ncn(CCC(=O)N(C)Cc3ccccc3C(F)(F)F)c(=O)c2c1C. The lowest BCUT2D eigenvalue weighted by Gasteiger charge is -2.20. The first-order valence-electron chi connectivity index (χ1n) is 8.93. The van der Waals surface area contributed by atoms with Gasteiger partial charge in [-0.3, -0.25) is 14.2 Å². The van der Waals surface area contributed by atoms with Gasteiger partial charge in [-0.05, 0) is 31.0 Å². The van der Waals surface area contributed by atoms with Gasteiger partial charge in [0.1, 0.15) is 4.83 Å². The Morgan fingerprint density at radius 3 is 2.62 bits per heavy atom. The van der Waals surface area contributed by atoms with Gasteiger partial charge in [0.2, 0.25) is 5.91 Å². The summed E-state index contributed by atoms with van der Waals surface area (Å²) in [7, 11) is 1.45. The maximum Gasteiger partial charge on any atom is 0.416 e. The molecule has 0 aliphatic carbocycles. The number of rotatable bonds is 5. The minimum atomic E-state index is -4.48. The summed E-state index contributed by atoms with van der Waals surface area (Å²) in [5.41, 5.74) is -0.0620. The summed E-state index contributed by atoms with van der Waals surface area (Å²) in [6.07, 6.45) is -3.09. The largest absolute Gasteiger partial charge is 0.416 e. The van der Waals surface area contributed by atoms with E-state index in [0.29, 0.717) is 10.2 Å². The highest BCUT2D eigenvalue weighted by Gasteiger charge is 2.33. The summed E-state index contributed by atoms with van der Waals surface area (Å²) < 4.78 is 40.8. The second-order valence-corrected chi connectivity index (χ2v) is 8.06. The van der Waals surface area contributed by atoms with Gasteiger partial charge in [-0.25, -0.2) is 4.98 Å². The number of carbonyl (C=O) groups excluding carboxylic acids is 1. The quantitative estimate of drug-likeness (QED) is 0.620. The van der Waals surface area contributed by atoms with E-state index in [-0.39, 0.29) is 36.5 Å². The standard InChI is InChI=1S/C20H20F3N3O2S/c1-12-13(2)29-18-17(12)19(28)26(11-24-18)9-8-16(27)25(3)10-14-6-4-5-7-15(14)20(21,22)23/h4-7,11H,8-10H2,1-3H3. The molecule has 5 nitrogen and oxygen atoms in total. The summed E-state index contributed by atoms with van der Waals surface area (Å²) in [4.78, 5) is 32.3. The molecule has 0 bridgehead atoms. The Kier molecular flexibility index (Phi) is 5.79. The second kappa shape index (κ2) is 7.98. The Balaban J connectivity index is 1.72. The summed E-state index contributed by atoms with van der Waals surface area (Å²) in [5.74, 6) is -0.354. The number of alkyl halides is 3. The van der Waals surface area contributed by atoms with E-state index in [1.807, 2.05) is 13.8 Å². The molecule has 1 aromatic carbocycles. The molecule has 2 aromatic heterocycles. The van der Waals surface area contributed by atoms with Crippen molar-refractivity contribution < 1.29 is 18.0 Å². The zero-order valence-corrected chi connectivity index (χ0v) is 17.0. The zero-order chi connectivity index (χ0) is 21.3. The number of carbonyl (C=O) groups is 1. The molecule has 0 fully saturated rings. The lowest BCUT2D eigenvalue weighted by molar-refractivity contribution is -0.139. The molecule has 154 valence electrons. The van der Waals surface area contributed by atoms with E-state index in [9.17, 15) is 22.8 Å². The Hall–Kier alpha value is -2.68.